The summed E-state index contributed by atoms with van der Waals surface area (Å²) in [5.41, 5.74) is 0. The first-order valence-corrected chi connectivity index (χ1v) is 6.13. The first kappa shape index (κ1) is 10.9. The highest BCUT2D eigenvalue weighted by atomic mass is 15.2. The van der Waals surface area contributed by atoms with Gasteiger partial charge in [-0.15, -0.1) is 5.10 Å². The molecule has 2 heterocycles. The summed E-state index contributed by atoms with van der Waals surface area (Å²) in [6, 6.07) is 8.14. The van der Waals surface area contributed by atoms with Gasteiger partial charge in [-0.2, -0.15) is 5.10 Å². The van der Waals surface area contributed by atoms with Crippen molar-refractivity contribution >= 4 is 10.8 Å². The van der Waals surface area contributed by atoms with Gasteiger partial charge in [0, 0.05) is 29.6 Å². The molecular formula is C14H14N4. The van der Waals surface area contributed by atoms with Crippen molar-refractivity contribution in [2.45, 2.75) is 19.8 Å². The number of hydrogen-bond donors (Lipinski definition) is 0. The Hall–Kier alpha value is -2.23. The third kappa shape index (κ3) is 1.76. The highest BCUT2D eigenvalue weighted by Gasteiger charge is 2.09. The van der Waals surface area contributed by atoms with Gasteiger partial charge in [0.05, 0.1) is 6.20 Å². The summed E-state index contributed by atoms with van der Waals surface area (Å²) >= 11 is 0. The molecule has 0 unspecified atom stereocenters. The smallest absolute Gasteiger partial charge is 0.168 e. The van der Waals surface area contributed by atoms with E-state index in [1.165, 1.54) is 0 Å². The Morgan fingerprint density at radius 3 is 3.00 bits per heavy atom. The molecule has 1 aromatic carbocycles. The Balaban J connectivity index is 2.22. The number of hydrogen-bond acceptors (Lipinski definition) is 3. The van der Waals surface area contributed by atoms with E-state index in [2.05, 4.69) is 28.2 Å². The van der Waals surface area contributed by atoms with Crippen LogP contribution in [0.2, 0.25) is 0 Å². The Kier molecular flexibility index (Phi) is 2.76. The van der Waals surface area contributed by atoms with Crippen molar-refractivity contribution in [3.05, 3.63) is 48.7 Å². The average molecular weight is 238 g/mol. The van der Waals surface area contributed by atoms with Crippen molar-refractivity contribution in [3.8, 4) is 5.82 Å². The second kappa shape index (κ2) is 4.56. The van der Waals surface area contributed by atoms with Crippen LogP contribution in [0.4, 0.5) is 0 Å². The van der Waals surface area contributed by atoms with E-state index >= 15 is 0 Å². The zero-order chi connectivity index (χ0) is 12.4. The fraction of sp³-hybridized carbons (Fsp3) is 0.214. The molecule has 90 valence electrons. The largest absolute Gasteiger partial charge is 0.286 e. The van der Waals surface area contributed by atoms with Crippen LogP contribution in [0.1, 0.15) is 19.2 Å². The highest BCUT2D eigenvalue weighted by Crippen LogP contribution is 2.20. The molecule has 0 N–H and O–H groups in total. The minimum Gasteiger partial charge on any atom is -0.286 e. The van der Waals surface area contributed by atoms with E-state index < -0.39 is 0 Å². The van der Waals surface area contributed by atoms with E-state index in [1.807, 2.05) is 35.2 Å². The van der Waals surface area contributed by atoms with Gasteiger partial charge in [-0.1, -0.05) is 31.2 Å². The molecule has 0 saturated heterocycles. The fourth-order valence-corrected chi connectivity index (χ4v) is 2.13. The molecule has 0 fully saturated rings. The topological polar surface area (TPSA) is 43.6 Å². The van der Waals surface area contributed by atoms with Gasteiger partial charge < -0.3 is 0 Å². The number of fused-ring (bicyclic) bond motifs is 1. The van der Waals surface area contributed by atoms with E-state index in [9.17, 15) is 0 Å². The van der Waals surface area contributed by atoms with E-state index in [-0.39, 0.29) is 0 Å². The van der Waals surface area contributed by atoms with Gasteiger partial charge in [-0.3, -0.25) is 4.57 Å². The van der Waals surface area contributed by atoms with Gasteiger partial charge >= 0.3 is 0 Å². The minimum absolute atomic E-state index is 0.856. The monoisotopic (exact) mass is 238 g/mol. The van der Waals surface area contributed by atoms with Crippen LogP contribution in [0.15, 0.2) is 42.9 Å². The SMILES string of the molecule is CCCc1nccn1-c1nncc2ccccc12. The average Bonchev–Trinajstić information content (AvgIpc) is 2.87. The van der Waals surface area contributed by atoms with E-state index in [0.717, 1.165) is 35.3 Å². The lowest BCUT2D eigenvalue weighted by molar-refractivity contribution is 0.791. The van der Waals surface area contributed by atoms with Gasteiger partial charge in [0.1, 0.15) is 5.82 Å². The first-order chi connectivity index (χ1) is 8.90. The summed E-state index contributed by atoms with van der Waals surface area (Å²) in [5.74, 6) is 1.89. The lowest BCUT2D eigenvalue weighted by Crippen LogP contribution is -2.04. The van der Waals surface area contributed by atoms with E-state index in [1.54, 1.807) is 6.20 Å². The van der Waals surface area contributed by atoms with Crippen LogP contribution in [0.5, 0.6) is 0 Å². The lowest BCUT2D eigenvalue weighted by Gasteiger charge is -2.08. The van der Waals surface area contributed by atoms with Crippen molar-refractivity contribution in [3.63, 3.8) is 0 Å². The molecule has 0 radical (unpaired) electrons. The van der Waals surface area contributed by atoms with E-state index in [4.69, 9.17) is 0 Å². The Labute approximate surface area is 105 Å². The number of rotatable bonds is 3. The quantitative estimate of drug-likeness (QED) is 0.704. The molecule has 3 aromatic rings. The highest BCUT2D eigenvalue weighted by molar-refractivity contribution is 5.87. The Morgan fingerprint density at radius 1 is 1.22 bits per heavy atom. The second-order valence-corrected chi connectivity index (χ2v) is 4.22. The predicted molar refractivity (Wildman–Crippen MR) is 70.7 cm³/mol. The van der Waals surface area contributed by atoms with Crippen LogP contribution < -0.4 is 0 Å². The minimum atomic E-state index is 0.856. The van der Waals surface area contributed by atoms with Crippen LogP contribution in [-0.2, 0) is 6.42 Å². The number of aryl methyl sites for hydroxylation is 1. The van der Waals surface area contributed by atoms with Gasteiger partial charge in [-0.25, -0.2) is 4.98 Å². The van der Waals surface area contributed by atoms with Crippen LogP contribution in [0, 0.1) is 0 Å². The molecule has 0 aliphatic rings. The van der Waals surface area contributed by atoms with Gasteiger partial charge in [0.25, 0.3) is 0 Å². The molecule has 3 rings (SSSR count). The van der Waals surface area contributed by atoms with Crippen LogP contribution in [0.25, 0.3) is 16.6 Å². The van der Waals surface area contributed by atoms with Gasteiger partial charge in [-0.05, 0) is 6.42 Å². The summed E-state index contributed by atoms with van der Waals surface area (Å²) in [6.07, 6.45) is 7.55. The summed E-state index contributed by atoms with van der Waals surface area (Å²) in [6.45, 7) is 2.15. The fourth-order valence-electron chi connectivity index (χ4n) is 2.13. The molecule has 0 aliphatic carbocycles. The molecule has 4 heteroatoms. The number of nitrogens with zero attached hydrogens (tertiary/aromatic N) is 4. The molecule has 2 aromatic heterocycles. The van der Waals surface area contributed by atoms with Gasteiger partial charge in [0.2, 0.25) is 0 Å². The molecule has 0 spiro atoms. The summed E-state index contributed by atoms with van der Waals surface area (Å²) < 4.78 is 2.03. The molecule has 0 bridgehead atoms. The normalized spacial score (nSPS) is 10.9. The van der Waals surface area contributed by atoms with Crippen LogP contribution in [-0.4, -0.2) is 19.7 Å². The lowest BCUT2D eigenvalue weighted by atomic mass is 10.2. The first-order valence-electron chi connectivity index (χ1n) is 6.13. The number of imidazole rings is 1. The summed E-state index contributed by atoms with van der Waals surface area (Å²) in [4.78, 5) is 4.38. The molecule has 0 atom stereocenters. The third-order valence-electron chi connectivity index (χ3n) is 2.97. The van der Waals surface area contributed by atoms with Crippen molar-refractivity contribution in [2.75, 3.05) is 0 Å². The van der Waals surface area contributed by atoms with Gasteiger partial charge in [0.15, 0.2) is 5.82 Å². The molecule has 0 saturated carbocycles. The Bertz CT molecular complexity index is 667. The Morgan fingerprint density at radius 2 is 2.11 bits per heavy atom. The zero-order valence-electron chi connectivity index (χ0n) is 10.2. The van der Waals surface area contributed by atoms with Crippen LogP contribution >= 0.6 is 0 Å². The molecule has 18 heavy (non-hydrogen) atoms. The number of benzene rings is 1. The van der Waals surface area contributed by atoms with Crippen molar-refractivity contribution in [2.24, 2.45) is 0 Å². The maximum Gasteiger partial charge on any atom is 0.168 e. The second-order valence-electron chi connectivity index (χ2n) is 4.22. The summed E-state index contributed by atoms with van der Waals surface area (Å²) in [5, 5.41) is 10.5. The van der Waals surface area contributed by atoms with Crippen molar-refractivity contribution in [1.29, 1.82) is 0 Å². The zero-order valence-corrected chi connectivity index (χ0v) is 10.2. The van der Waals surface area contributed by atoms with Crippen molar-refractivity contribution < 1.29 is 0 Å². The van der Waals surface area contributed by atoms with Crippen LogP contribution in [0.3, 0.4) is 0 Å². The molecule has 4 nitrogen and oxygen atoms in total. The van der Waals surface area contributed by atoms with Crippen molar-refractivity contribution in [1.82, 2.24) is 19.7 Å². The summed E-state index contributed by atoms with van der Waals surface area (Å²) in [7, 11) is 0. The maximum absolute atomic E-state index is 4.38. The molecule has 0 aliphatic heterocycles. The number of aromatic nitrogens is 4. The standard InChI is InChI=1S/C14H14N4/c1-2-5-13-15-8-9-18(13)14-12-7-4-3-6-11(12)10-16-17-14/h3-4,6-10H,2,5H2,1H3. The third-order valence-corrected chi connectivity index (χ3v) is 2.97. The van der Waals surface area contributed by atoms with E-state index in [0.29, 0.717) is 0 Å². The molecule has 0 amide bonds. The predicted octanol–water partition coefficient (Wildman–Crippen LogP) is 2.77. The molecular weight excluding hydrogens is 224 g/mol. The maximum atomic E-state index is 4.38.